The highest BCUT2D eigenvalue weighted by molar-refractivity contribution is 5.10. The van der Waals surface area contributed by atoms with Crippen molar-refractivity contribution in [2.75, 3.05) is 0 Å². The number of allylic oxidation sites excluding steroid dienone is 3. The summed E-state index contributed by atoms with van der Waals surface area (Å²) in [7, 11) is 0. The van der Waals surface area contributed by atoms with E-state index in [2.05, 4.69) is 19.4 Å². The number of rotatable bonds is 4. The predicted molar refractivity (Wildman–Crippen MR) is 62.6 cm³/mol. The molecule has 0 aliphatic rings. The van der Waals surface area contributed by atoms with E-state index < -0.39 is 0 Å². The highest BCUT2D eigenvalue weighted by atomic mass is 13.8. The van der Waals surface area contributed by atoms with Gasteiger partial charge in [-0.3, -0.25) is 0 Å². The van der Waals surface area contributed by atoms with E-state index >= 15 is 0 Å². The van der Waals surface area contributed by atoms with E-state index in [9.17, 15) is 0 Å². The summed E-state index contributed by atoms with van der Waals surface area (Å²) in [4.78, 5) is 0. The molecule has 0 aliphatic carbocycles. The van der Waals surface area contributed by atoms with Crippen molar-refractivity contribution in [2.24, 2.45) is 0 Å². The van der Waals surface area contributed by atoms with E-state index in [1.807, 2.05) is 26.0 Å². The van der Waals surface area contributed by atoms with Crippen LogP contribution >= 0.6 is 0 Å². The van der Waals surface area contributed by atoms with Gasteiger partial charge in [0.05, 0.1) is 0 Å². The van der Waals surface area contributed by atoms with Gasteiger partial charge in [-0.1, -0.05) is 44.1 Å². The first-order valence-corrected chi connectivity index (χ1v) is 4.91. The standard InChI is InChI=1S/C7H12.C6H10/c1-3-5-7-6-4-2;1-4-6(3)5-2/h1H,4-7H2,2H3;4-5H,1H2,2-3H3/b;6-5+. The maximum Gasteiger partial charge on any atom is 0.00860 e. The average Bonchev–Trinajstić information content (AvgIpc) is 2.18. The van der Waals surface area contributed by atoms with Crippen LogP contribution in [0, 0.1) is 12.3 Å². The van der Waals surface area contributed by atoms with Gasteiger partial charge in [0.1, 0.15) is 0 Å². The first-order valence-electron chi connectivity index (χ1n) is 4.91. The molecule has 0 unspecified atom stereocenters. The lowest BCUT2D eigenvalue weighted by molar-refractivity contribution is 0.737. The second-order valence-electron chi connectivity index (χ2n) is 2.90. The SMILES string of the molecule is C#CCCCCC.C=C/C(C)=C/C. The molecule has 0 fully saturated rings. The second kappa shape index (κ2) is 13.6. The summed E-state index contributed by atoms with van der Waals surface area (Å²) in [6.45, 7) is 9.76. The number of unbranched alkanes of at least 4 members (excludes halogenated alkanes) is 3. The molecule has 0 N–H and O–H groups in total. The summed E-state index contributed by atoms with van der Waals surface area (Å²) in [5.74, 6) is 2.60. The Morgan fingerprint density at radius 2 is 2.08 bits per heavy atom. The zero-order chi connectivity index (χ0) is 10.5. The van der Waals surface area contributed by atoms with Crippen LogP contribution in [0.3, 0.4) is 0 Å². The Balaban J connectivity index is 0. The number of terminal acetylenes is 1. The van der Waals surface area contributed by atoms with Crippen LogP contribution in [0.2, 0.25) is 0 Å². The minimum absolute atomic E-state index is 0.952. The fraction of sp³-hybridized carbons (Fsp3) is 0.538. The van der Waals surface area contributed by atoms with Crippen LogP contribution in [0.1, 0.15) is 46.5 Å². The lowest BCUT2D eigenvalue weighted by Gasteiger charge is -1.86. The average molecular weight is 178 g/mol. The van der Waals surface area contributed by atoms with Crippen LogP contribution in [0.25, 0.3) is 0 Å². The summed E-state index contributed by atoms with van der Waals surface area (Å²) < 4.78 is 0. The zero-order valence-electron chi connectivity index (χ0n) is 9.27. The van der Waals surface area contributed by atoms with E-state index in [1.54, 1.807) is 0 Å². The van der Waals surface area contributed by atoms with Crippen LogP contribution in [0.15, 0.2) is 24.3 Å². The van der Waals surface area contributed by atoms with E-state index in [1.165, 1.54) is 24.8 Å². The van der Waals surface area contributed by atoms with E-state index in [0.29, 0.717) is 0 Å². The fourth-order valence-electron chi connectivity index (χ4n) is 0.595. The van der Waals surface area contributed by atoms with Gasteiger partial charge in [-0.05, 0) is 20.3 Å². The zero-order valence-corrected chi connectivity index (χ0v) is 9.27. The highest BCUT2D eigenvalue weighted by Crippen LogP contribution is 1.95. The molecule has 0 nitrogen and oxygen atoms in total. The first-order chi connectivity index (χ1) is 6.22. The smallest absolute Gasteiger partial charge is 0.00860 e. The molecule has 0 rings (SSSR count). The lowest BCUT2D eigenvalue weighted by atomic mass is 10.2. The Morgan fingerprint density at radius 1 is 1.46 bits per heavy atom. The Hall–Kier alpha value is -0.960. The van der Waals surface area contributed by atoms with Gasteiger partial charge in [-0.25, -0.2) is 0 Å². The molecule has 0 aliphatic heterocycles. The fourth-order valence-corrected chi connectivity index (χ4v) is 0.595. The van der Waals surface area contributed by atoms with Crippen LogP contribution in [-0.4, -0.2) is 0 Å². The number of hydrogen-bond donors (Lipinski definition) is 0. The summed E-state index contributed by atoms with van der Waals surface area (Å²) in [5.41, 5.74) is 1.23. The molecule has 0 heterocycles. The van der Waals surface area contributed by atoms with Crippen molar-refractivity contribution in [2.45, 2.75) is 46.5 Å². The van der Waals surface area contributed by atoms with E-state index in [4.69, 9.17) is 6.42 Å². The van der Waals surface area contributed by atoms with Crippen LogP contribution in [0.5, 0.6) is 0 Å². The normalized spacial score (nSPS) is 9.54. The Morgan fingerprint density at radius 3 is 2.31 bits per heavy atom. The summed E-state index contributed by atoms with van der Waals surface area (Å²) >= 11 is 0. The quantitative estimate of drug-likeness (QED) is 0.341. The van der Waals surface area contributed by atoms with E-state index in [0.717, 1.165) is 6.42 Å². The molecule has 0 aromatic heterocycles. The van der Waals surface area contributed by atoms with Gasteiger partial charge >= 0.3 is 0 Å². The third-order valence-corrected chi connectivity index (χ3v) is 1.70. The molecular weight excluding hydrogens is 156 g/mol. The van der Waals surface area contributed by atoms with Crippen molar-refractivity contribution in [1.82, 2.24) is 0 Å². The molecule has 0 aromatic carbocycles. The lowest BCUT2D eigenvalue weighted by Crippen LogP contribution is -1.68. The Kier molecular flexibility index (Phi) is 15.2. The third-order valence-electron chi connectivity index (χ3n) is 1.70. The van der Waals surface area contributed by atoms with Gasteiger partial charge in [-0.2, -0.15) is 0 Å². The van der Waals surface area contributed by atoms with Crippen molar-refractivity contribution >= 4 is 0 Å². The van der Waals surface area contributed by atoms with Gasteiger partial charge < -0.3 is 0 Å². The first kappa shape index (κ1) is 14.6. The van der Waals surface area contributed by atoms with E-state index in [-0.39, 0.29) is 0 Å². The summed E-state index contributed by atoms with van der Waals surface area (Å²) in [5, 5.41) is 0. The maximum absolute atomic E-state index is 5.02. The van der Waals surface area contributed by atoms with Gasteiger partial charge in [0.2, 0.25) is 0 Å². The number of hydrogen-bond acceptors (Lipinski definition) is 0. The van der Waals surface area contributed by atoms with Gasteiger partial charge in [-0.15, -0.1) is 12.3 Å². The minimum Gasteiger partial charge on any atom is -0.120 e. The molecule has 0 aromatic rings. The molecule has 0 radical (unpaired) electrons. The van der Waals surface area contributed by atoms with Crippen molar-refractivity contribution in [3.8, 4) is 12.3 Å². The largest absolute Gasteiger partial charge is 0.120 e. The van der Waals surface area contributed by atoms with Crippen molar-refractivity contribution in [3.63, 3.8) is 0 Å². The van der Waals surface area contributed by atoms with Gasteiger partial charge in [0.15, 0.2) is 0 Å². The molecule has 0 saturated carbocycles. The molecule has 0 bridgehead atoms. The molecular formula is C13H22. The minimum atomic E-state index is 0.952. The monoisotopic (exact) mass is 178 g/mol. The topological polar surface area (TPSA) is 0 Å². The molecule has 0 spiro atoms. The Labute approximate surface area is 83.7 Å². The molecule has 0 amide bonds. The van der Waals surface area contributed by atoms with Crippen molar-refractivity contribution < 1.29 is 0 Å². The molecule has 74 valence electrons. The van der Waals surface area contributed by atoms with Crippen LogP contribution in [-0.2, 0) is 0 Å². The van der Waals surface area contributed by atoms with Crippen molar-refractivity contribution in [1.29, 1.82) is 0 Å². The second-order valence-corrected chi connectivity index (χ2v) is 2.90. The Bertz CT molecular complexity index is 167. The van der Waals surface area contributed by atoms with Crippen molar-refractivity contribution in [3.05, 3.63) is 24.3 Å². The van der Waals surface area contributed by atoms with Crippen LogP contribution in [0.4, 0.5) is 0 Å². The summed E-state index contributed by atoms with van der Waals surface area (Å²) in [6.07, 6.45) is 13.6. The molecule has 0 atom stereocenters. The van der Waals surface area contributed by atoms with Crippen LogP contribution < -0.4 is 0 Å². The molecule has 13 heavy (non-hydrogen) atoms. The molecule has 0 heteroatoms. The predicted octanol–water partition coefficient (Wildman–Crippen LogP) is 4.34. The summed E-state index contributed by atoms with van der Waals surface area (Å²) in [6, 6.07) is 0. The third kappa shape index (κ3) is 18.2. The van der Waals surface area contributed by atoms with Gasteiger partial charge in [0.25, 0.3) is 0 Å². The highest BCUT2D eigenvalue weighted by Gasteiger charge is 1.77. The van der Waals surface area contributed by atoms with Gasteiger partial charge in [0, 0.05) is 6.42 Å². The maximum atomic E-state index is 5.02. The molecule has 0 saturated heterocycles.